The first-order valence-electron chi connectivity index (χ1n) is 5.64. The Balaban J connectivity index is 2.38. The lowest BCUT2D eigenvalue weighted by molar-refractivity contribution is -0.137. The van der Waals surface area contributed by atoms with Crippen molar-refractivity contribution in [2.75, 3.05) is 7.05 Å². The molecule has 0 radical (unpaired) electrons. The van der Waals surface area contributed by atoms with Gasteiger partial charge in [0, 0.05) is 18.4 Å². The van der Waals surface area contributed by atoms with Crippen molar-refractivity contribution >= 4 is 0 Å². The average Bonchev–Trinajstić information content (AvgIpc) is 2.77. The maximum Gasteiger partial charge on any atom is 0.419 e. The molecule has 2 heterocycles. The average molecular weight is 270 g/mol. The molecule has 2 aromatic heterocycles. The first-order valence-corrected chi connectivity index (χ1v) is 5.64. The number of halogens is 3. The van der Waals surface area contributed by atoms with Crippen molar-refractivity contribution in [3.05, 3.63) is 41.3 Å². The van der Waals surface area contributed by atoms with Gasteiger partial charge in [-0.3, -0.25) is 0 Å². The number of rotatable bonds is 3. The summed E-state index contributed by atoms with van der Waals surface area (Å²) in [5.74, 6) is 0.376. The molecule has 19 heavy (non-hydrogen) atoms. The molecule has 0 bridgehead atoms. The lowest BCUT2D eigenvalue weighted by atomic mass is 10.2. The van der Waals surface area contributed by atoms with E-state index in [1.165, 1.54) is 0 Å². The fourth-order valence-corrected chi connectivity index (χ4v) is 1.74. The van der Waals surface area contributed by atoms with Crippen molar-refractivity contribution < 1.29 is 13.2 Å². The van der Waals surface area contributed by atoms with Crippen LogP contribution < -0.4 is 5.32 Å². The Morgan fingerprint density at radius 3 is 2.63 bits per heavy atom. The maximum absolute atomic E-state index is 12.5. The van der Waals surface area contributed by atoms with Gasteiger partial charge in [0.1, 0.15) is 0 Å². The molecule has 0 fully saturated rings. The molecule has 4 nitrogen and oxygen atoms in total. The van der Waals surface area contributed by atoms with Crippen molar-refractivity contribution in [2.24, 2.45) is 0 Å². The standard InChI is InChI=1S/C12H13F3N4/c1-8-3-9(5-16-2)4-11(18-8)19-7-10(6-17-19)12(13,14)15/h3-4,6-7,16H,5H2,1-2H3. The van der Waals surface area contributed by atoms with Crippen LogP contribution in [0, 0.1) is 6.92 Å². The lowest BCUT2D eigenvalue weighted by Crippen LogP contribution is -2.08. The van der Waals surface area contributed by atoms with E-state index in [-0.39, 0.29) is 0 Å². The summed E-state index contributed by atoms with van der Waals surface area (Å²) >= 11 is 0. The molecule has 2 rings (SSSR count). The smallest absolute Gasteiger partial charge is 0.316 e. The summed E-state index contributed by atoms with van der Waals surface area (Å²) in [6, 6.07) is 3.57. The summed E-state index contributed by atoms with van der Waals surface area (Å²) in [5, 5.41) is 6.69. The number of pyridine rings is 1. The number of aromatic nitrogens is 3. The minimum Gasteiger partial charge on any atom is -0.316 e. The van der Waals surface area contributed by atoms with Crippen LogP contribution in [0.2, 0.25) is 0 Å². The van der Waals surface area contributed by atoms with E-state index in [9.17, 15) is 13.2 Å². The lowest BCUT2D eigenvalue weighted by Gasteiger charge is -2.06. The van der Waals surface area contributed by atoms with Gasteiger partial charge < -0.3 is 5.32 Å². The Labute approximate surface area is 108 Å². The first-order chi connectivity index (χ1) is 8.90. The minimum atomic E-state index is -4.39. The van der Waals surface area contributed by atoms with Crippen LogP contribution >= 0.6 is 0 Å². The van der Waals surface area contributed by atoms with Gasteiger partial charge in [-0.05, 0) is 31.7 Å². The molecule has 0 aliphatic rings. The van der Waals surface area contributed by atoms with Crippen LogP contribution in [-0.4, -0.2) is 21.8 Å². The molecule has 102 valence electrons. The molecule has 0 spiro atoms. The number of hydrogen-bond donors (Lipinski definition) is 1. The molecule has 0 atom stereocenters. The monoisotopic (exact) mass is 270 g/mol. The largest absolute Gasteiger partial charge is 0.419 e. The van der Waals surface area contributed by atoms with Gasteiger partial charge in [-0.25, -0.2) is 9.67 Å². The van der Waals surface area contributed by atoms with E-state index in [1.54, 1.807) is 20.0 Å². The van der Waals surface area contributed by atoms with Gasteiger partial charge in [-0.15, -0.1) is 0 Å². The van der Waals surface area contributed by atoms with Crippen molar-refractivity contribution in [3.63, 3.8) is 0 Å². The number of hydrogen-bond acceptors (Lipinski definition) is 3. The molecule has 2 aromatic rings. The van der Waals surface area contributed by atoms with E-state index in [0.29, 0.717) is 12.4 Å². The highest BCUT2D eigenvalue weighted by Gasteiger charge is 2.32. The molecule has 7 heteroatoms. The Kier molecular flexibility index (Phi) is 3.57. The van der Waals surface area contributed by atoms with Gasteiger partial charge in [0.25, 0.3) is 0 Å². The van der Waals surface area contributed by atoms with E-state index in [4.69, 9.17) is 0 Å². The third-order valence-electron chi connectivity index (χ3n) is 2.53. The van der Waals surface area contributed by atoms with Crippen LogP contribution in [0.25, 0.3) is 5.82 Å². The first kappa shape index (κ1) is 13.5. The van der Waals surface area contributed by atoms with Crippen molar-refractivity contribution in [2.45, 2.75) is 19.6 Å². The molecule has 1 N–H and O–H groups in total. The summed E-state index contributed by atoms with van der Waals surface area (Å²) in [4.78, 5) is 4.19. The van der Waals surface area contributed by atoms with Crippen LogP contribution in [0.15, 0.2) is 24.5 Å². The summed E-state index contributed by atoms with van der Waals surface area (Å²) in [5.41, 5.74) is 0.881. The van der Waals surface area contributed by atoms with Crippen LogP contribution in [0.4, 0.5) is 13.2 Å². The number of aryl methyl sites for hydroxylation is 1. The van der Waals surface area contributed by atoms with Gasteiger partial charge in [0.05, 0.1) is 11.8 Å². The minimum absolute atomic E-state index is 0.376. The van der Waals surface area contributed by atoms with E-state index in [1.807, 2.05) is 6.07 Å². The second kappa shape index (κ2) is 5.00. The SMILES string of the molecule is CNCc1cc(C)nc(-n2cc(C(F)(F)F)cn2)c1. The highest BCUT2D eigenvalue weighted by molar-refractivity contribution is 5.31. The Morgan fingerprint density at radius 1 is 1.32 bits per heavy atom. The normalized spacial score (nSPS) is 11.8. The van der Waals surface area contributed by atoms with Gasteiger partial charge in [-0.1, -0.05) is 0 Å². The van der Waals surface area contributed by atoms with Crippen molar-refractivity contribution in [3.8, 4) is 5.82 Å². The molecule has 0 amide bonds. The fraction of sp³-hybridized carbons (Fsp3) is 0.333. The zero-order valence-corrected chi connectivity index (χ0v) is 10.5. The van der Waals surface area contributed by atoms with Gasteiger partial charge >= 0.3 is 6.18 Å². The van der Waals surface area contributed by atoms with Gasteiger partial charge in [-0.2, -0.15) is 18.3 Å². The van der Waals surface area contributed by atoms with Crippen LogP contribution in [-0.2, 0) is 12.7 Å². The molecule has 0 aliphatic carbocycles. The van der Waals surface area contributed by atoms with Crippen molar-refractivity contribution in [1.29, 1.82) is 0 Å². The molecule has 0 aliphatic heterocycles. The van der Waals surface area contributed by atoms with Gasteiger partial charge in [0.15, 0.2) is 5.82 Å². The predicted octanol–water partition coefficient (Wildman–Crippen LogP) is 2.31. The molecule has 0 unspecified atom stereocenters. The Hall–Kier alpha value is -1.89. The number of alkyl halides is 3. The van der Waals surface area contributed by atoms with Gasteiger partial charge in [0.2, 0.25) is 0 Å². The number of nitrogens with one attached hydrogen (secondary N) is 1. The van der Waals surface area contributed by atoms with Crippen molar-refractivity contribution in [1.82, 2.24) is 20.1 Å². The summed E-state index contributed by atoms with van der Waals surface area (Å²) in [7, 11) is 1.80. The molecular formula is C12H13F3N4. The highest BCUT2D eigenvalue weighted by atomic mass is 19.4. The quantitative estimate of drug-likeness (QED) is 0.930. The van der Waals surface area contributed by atoms with E-state index in [2.05, 4.69) is 15.4 Å². The van der Waals surface area contributed by atoms with Crippen LogP contribution in [0.5, 0.6) is 0 Å². The Morgan fingerprint density at radius 2 is 2.05 bits per heavy atom. The summed E-state index contributed by atoms with van der Waals surface area (Å²) in [6.07, 6.45) is -2.66. The zero-order valence-electron chi connectivity index (χ0n) is 10.5. The number of nitrogens with zero attached hydrogens (tertiary/aromatic N) is 3. The zero-order chi connectivity index (χ0) is 14.0. The summed E-state index contributed by atoms with van der Waals surface area (Å²) in [6.45, 7) is 2.40. The third-order valence-corrected chi connectivity index (χ3v) is 2.53. The molecule has 0 aromatic carbocycles. The fourth-order valence-electron chi connectivity index (χ4n) is 1.74. The topological polar surface area (TPSA) is 42.7 Å². The predicted molar refractivity (Wildman–Crippen MR) is 63.9 cm³/mol. The van der Waals surface area contributed by atoms with E-state index < -0.39 is 11.7 Å². The molecule has 0 saturated carbocycles. The highest BCUT2D eigenvalue weighted by Crippen LogP contribution is 2.29. The summed E-state index contributed by atoms with van der Waals surface area (Å²) < 4.78 is 38.7. The Bertz CT molecular complexity index is 575. The van der Waals surface area contributed by atoms with Crippen LogP contribution in [0.1, 0.15) is 16.8 Å². The second-order valence-electron chi connectivity index (χ2n) is 4.18. The molecule has 0 saturated heterocycles. The van der Waals surface area contributed by atoms with Crippen LogP contribution in [0.3, 0.4) is 0 Å². The van der Waals surface area contributed by atoms with E-state index >= 15 is 0 Å². The van der Waals surface area contributed by atoms with E-state index in [0.717, 1.165) is 28.3 Å². The second-order valence-corrected chi connectivity index (χ2v) is 4.18. The maximum atomic E-state index is 12.5. The third kappa shape index (κ3) is 3.11. The molecular weight excluding hydrogens is 257 g/mol.